The minimum absolute atomic E-state index is 0.191. The van der Waals surface area contributed by atoms with Crippen LogP contribution in [0.5, 0.6) is 0 Å². The number of aryl methyl sites for hydroxylation is 1. The second kappa shape index (κ2) is 3.81. The predicted molar refractivity (Wildman–Crippen MR) is 55.8 cm³/mol. The molecule has 0 saturated heterocycles. The lowest BCUT2D eigenvalue weighted by atomic mass is 9.78. The largest absolute Gasteiger partial charge is 0.344 e. The number of hydrogen-bond acceptors (Lipinski definition) is 3. The van der Waals surface area contributed by atoms with Crippen molar-refractivity contribution in [3.05, 3.63) is 11.9 Å². The molecule has 0 bridgehead atoms. The zero-order chi connectivity index (χ0) is 10.9. The Balaban J connectivity index is 2.03. The van der Waals surface area contributed by atoms with Gasteiger partial charge in [-0.25, -0.2) is 0 Å². The molecule has 15 heavy (non-hydrogen) atoms. The molecule has 1 aromatic heterocycles. The van der Waals surface area contributed by atoms with Crippen LogP contribution in [0, 0.1) is 0 Å². The summed E-state index contributed by atoms with van der Waals surface area (Å²) >= 11 is 5.84. The van der Waals surface area contributed by atoms with Gasteiger partial charge in [0.25, 0.3) is 5.91 Å². The number of alkyl halides is 1. The van der Waals surface area contributed by atoms with Crippen molar-refractivity contribution in [2.24, 2.45) is 7.05 Å². The average molecular weight is 229 g/mol. The van der Waals surface area contributed by atoms with Crippen LogP contribution in [0.4, 0.5) is 0 Å². The summed E-state index contributed by atoms with van der Waals surface area (Å²) in [5, 5.41) is 10.7. The summed E-state index contributed by atoms with van der Waals surface area (Å²) < 4.78 is 0. The van der Waals surface area contributed by atoms with E-state index in [0.717, 1.165) is 19.3 Å². The van der Waals surface area contributed by atoms with Crippen LogP contribution in [0.15, 0.2) is 6.20 Å². The van der Waals surface area contributed by atoms with Crippen molar-refractivity contribution in [2.75, 3.05) is 5.88 Å². The molecule has 1 amide bonds. The Bertz CT molecular complexity index is 366. The van der Waals surface area contributed by atoms with Gasteiger partial charge in [0.2, 0.25) is 0 Å². The third-order valence-electron chi connectivity index (χ3n) is 2.78. The maximum Gasteiger partial charge on any atom is 0.273 e. The molecule has 1 fully saturated rings. The summed E-state index contributed by atoms with van der Waals surface area (Å²) in [7, 11) is 1.68. The minimum atomic E-state index is -0.212. The van der Waals surface area contributed by atoms with E-state index in [4.69, 9.17) is 11.6 Å². The normalized spacial score (nSPS) is 18.3. The molecule has 1 aliphatic rings. The SMILES string of the molecule is Cn1ncc(C(=O)NC2(CCl)CCC2)n1. The number of nitrogens with one attached hydrogen (secondary N) is 1. The predicted octanol–water partition coefficient (Wildman–Crippen LogP) is 0.706. The summed E-state index contributed by atoms with van der Waals surface area (Å²) in [4.78, 5) is 13.1. The first kappa shape index (κ1) is 10.4. The fourth-order valence-electron chi connectivity index (χ4n) is 1.65. The van der Waals surface area contributed by atoms with Gasteiger partial charge in [0.05, 0.1) is 11.7 Å². The first-order valence-electron chi connectivity index (χ1n) is 4.90. The first-order valence-corrected chi connectivity index (χ1v) is 5.43. The van der Waals surface area contributed by atoms with Crippen LogP contribution in [-0.2, 0) is 7.05 Å². The minimum Gasteiger partial charge on any atom is -0.344 e. The number of hydrogen-bond donors (Lipinski definition) is 1. The van der Waals surface area contributed by atoms with Crippen molar-refractivity contribution in [1.29, 1.82) is 0 Å². The molecule has 1 N–H and O–H groups in total. The second-order valence-electron chi connectivity index (χ2n) is 3.94. The van der Waals surface area contributed by atoms with Gasteiger partial charge in [-0.2, -0.15) is 9.90 Å². The molecule has 2 rings (SSSR count). The van der Waals surface area contributed by atoms with Gasteiger partial charge in [-0.1, -0.05) is 0 Å². The zero-order valence-electron chi connectivity index (χ0n) is 8.53. The van der Waals surface area contributed by atoms with Gasteiger partial charge < -0.3 is 5.32 Å². The quantitative estimate of drug-likeness (QED) is 0.775. The monoisotopic (exact) mass is 228 g/mol. The van der Waals surface area contributed by atoms with Crippen LogP contribution in [0.1, 0.15) is 29.8 Å². The van der Waals surface area contributed by atoms with Crippen molar-refractivity contribution < 1.29 is 4.79 Å². The highest BCUT2D eigenvalue weighted by molar-refractivity contribution is 6.19. The number of nitrogens with zero attached hydrogens (tertiary/aromatic N) is 3. The van der Waals surface area contributed by atoms with E-state index in [1.54, 1.807) is 7.05 Å². The molecular weight excluding hydrogens is 216 g/mol. The van der Waals surface area contributed by atoms with E-state index in [1.807, 2.05) is 0 Å². The molecule has 1 aliphatic carbocycles. The van der Waals surface area contributed by atoms with E-state index >= 15 is 0 Å². The zero-order valence-corrected chi connectivity index (χ0v) is 9.29. The van der Waals surface area contributed by atoms with Gasteiger partial charge in [0, 0.05) is 12.9 Å². The summed E-state index contributed by atoms with van der Waals surface area (Å²) in [6.07, 6.45) is 4.47. The van der Waals surface area contributed by atoms with Crippen LogP contribution >= 0.6 is 11.6 Å². The number of aromatic nitrogens is 3. The van der Waals surface area contributed by atoms with Crippen LogP contribution < -0.4 is 5.32 Å². The smallest absolute Gasteiger partial charge is 0.273 e. The Hall–Kier alpha value is -1.10. The van der Waals surface area contributed by atoms with Crippen molar-refractivity contribution in [2.45, 2.75) is 24.8 Å². The summed E-state index contributed by atoms with van der Waals surface area (Å²) in [6, 6.07) is 0. The molecule has 0 spiro atoms. The van der Waals surface area contributed by atoms with E-state index in [9.17, 15) is 4.79 Å². The Morgan fingerprint density at radius 2 is 2.47 bits per heavy atom. The van der Waals surface area contributed by atoms with Gasteiger partial charge in [-0.15, -0.1) is 16.7 Å². The lowest BCUT2D eigenvalue weighted by molar-refractivity contribution is 0.0848. The van der Waals surface area contributed by atoms with Gasteiger partial charge in [-0.3, -0.25) is 4.79 Å². The maximum absolute atomic E-state index is 11.7. The van der Waals surface area contributed by atoms with Crippen molar-refractivity contribution in [3.8, 4) is 0 Å². The summed E-state index contributed by atoms with van der Waals surface area (Å²) in [5.41, 5.74) is 0.129. The van der Waals surface area contributed by atoms with Gasteiger partial charge in [0.1, 0.15) is 0 Å². The molecule has 0 atom stereocenters. The Labute approximate surface area is 92.8 Å². The van der Waals surface area contributed by atoms with Crippen LogP contribution in [-0.4, -0.2) is 32.3 Å². The molecule has 82 valence electrons. The van der Waals surface area contributed by atoms with E-state index < -0.39 is 0 Å². The third-order valence-corrected chi connectivity index (χ3v) is 3.29. The van der Waals surface area contributed by atoms with Crippen LogP contribution in [0.3, 0.4) is 0 Å². The van der Waals surface area contributed by atoms with E-state index in [0.29, 0.717) is 11.6 Å². The Morgan fingerprint density at radius 3 is 2.87 bits per heavy atom. The second-order valence-corrected chi connectivity index (χ2v) is 4.21. The highest BCUT2D eigenvalue weighted by Gasteiger charge is 2.38. The van der Waals surface area contributed by atoms with E-state index in [2.05, 4.69) is 15.5 Å². The lowest BCUT2D eigenvalue weighted by Gasteiger charge is -2.40. The van der Waals surface area contributed by atoms with Crippen molar-refractivity contribution in [1.82, 2.24) is 20.3 Å². The topological polar surface area (TPSA) is 59.8 Å². The molecule has 0 unspecified atom stereocenters. The molecule has 5 nitrogen and oxygen atoms in total. The molecule has 1 aromatic rings. The number of rotatable bonds is 3. The van der Waals surface area contributed by atoms with Crippen LogP contribution in [0.2, 0.25) is 0 Å². The molecule has 1 saturated carbocycles. The fourth-order valence-corrected chi connectivity index (χ4v) is 1.98. The van der Waals surface area contributed by atoms with Crippen molar-refractivity contribution in [3.63, 3.8) is 0 Å². The molecule has 0 aromatic carbocycles. The summed E-state index contributed by atoms with van der Waals surface area (Å²) in [5.74, 6) is 0.266. The van der Waals surface area contributed by atoms with E-state index in [1.165, 1.54) is 11.0 Å². The highest BCUT2D eigenvalue weighted by atomic mass is 35.5. The molecule has 0 radical (unpaired) electrons. The number of amides is 1. The fraction of sp³-hybridized carbons (Fsp3) is 0.667. The number of carbonyl (C=O) groups excluding carboxylic acids is 1. The molecular formula is C9H13ClN4O. The van der Waals surface area contributed by atoms with Crippen LogP contribution in [0.25, 0.3) is 0 Å². The average Bonchev–Trinajstić information content (AvgIpc) is 2.58. The summed E-state index contributed by atoms with van der Waals surface area (Å²) in [6.45, 7) is 0. The van der Waals surface area contributed by atoms with Gasteiger partial charge >= 0.3 is 0 Å². The lowest BCUT2D eigenvalue weighted by Crippen LogP contribution is -2.55. The third kappa shape index (κ3) is 1.97. The maximum atomic E-state index is 11.7. The van der Waals surface area contributed by atoms with E-state index in [-0.39, 0.29) is 11.4 Å². The standard InChI is InChI=1S/C9H13ClN4O/c1-14-11-5-7(13-14)8(15)12-9(6-10)3-2-4-9/h5H,2-4,6H2,1H3,(H,12,15). The highest BCUT2D eigenvalue weighted by Crippen LogP contribution is 2.32. The molecule has 6 heteroatoms. The number of halogens is 1. The number of carbonyl (C=O) groups is 1. The Kier molecular flexibility index (Phi) is 2.65. The van der Waals surface area contributed by atoms with Crippen molar-refractivity contribution >= 4 is 17.5 Å². The first-order chi connectivity index (χ1) is 7.15. The Morgan fingerprint density at radius 1 is 1.73 bits per heavy atom. The van der Waals surface area contributed by atoms with Gasteiger partial charge in [0.15, 0.2) is 5.69 Å². The van der Waals surface area contributed by atoms with Gasteiger partial charge in [-0.05, 0) is 19.3 Å². The molecule has 1 heterocycles. The molecule has 0 aliphatic heterocycles.